The van der Waals surface area contributed by atoms with Gasteiger partial charge in [-0.15, -0.1) is 0 Å². The average Bonchev–Trinajstić information content (AvgIpc) is 2.80. The van der Waals surface area contributed by atoms with Gasteiger partial charge in [0.2, 0.25) is 0 Å². The average molecular weight is 461 g/mol. The normalized spacial score (nSPS) is 18.2. The molecule has 1 aromatic heterocycles. The van der Waals surface area contributed by atoms with E-state index >= 15 is 0 Å². The minimum absolute atomic E-state index is 0.0724. The molecule has 0 spiro atoms. The van der Waals surface area contributed by atoms with E-state index in [1.807, 2.05) is 18.2 Å². The summed E-state index contributed by atoms with van der Waals surface area (Å²) >= 11 is 6.13. The van der Waals surface area contributed by atoms with Gasteiger partial charge in [0.05, 0.1) is 17.6 Å². The summed E-state index contributed by atoms with van der Waals surface area (Å²) in [5.41, 5.74) is 3.08. The van der Waals surface area contributed by atoms with Gasteiger partial charge in [-0.1, -0.05) is 29.8 Å². The highest BCUT2D eigenvalue weighted by Gasteiger charge is 2.40. The summed E-state index contributed by atoms with van der Waals surface area (Å²) in [5.74, 6) is -1.29. The zero-order valence-electron chi connectivity index (χ0n) is 17.9. The molecule has 1 amide bonds. The van der Waals surface area contributed by atoms with Gasteiger partial charge >= 0.3 is 0 Å². The van der Waals surface area contributed by atoms with Crippen LogP contribution in [0.4, 0.5) is 5.69 Å². The molecule has 2 aromatic carbocycles. The summed E-state index contributed by atoms with van der Waals surface area (Å²) in [6.07, 6.45) is 3.13. The Morgan fingerprint density at radius 3 is 2.70 bits per heavy atom. The molecule has 1 aliphatic heterocycles. The Morgan fingerprint density at radius 2 is 1.91 bits per heavy atom. The van der Waals surface area contributed by atoms with Gasteiger partial charge in [-0.05, 0) is 50.1 Å². The SMILES string of the molecule is CC1=C(C(=O)Nc2ccccc2)C(c2coc3ccc(Cl)cc3c2=O)C2=C(CCCC2=O)N1. The highest BCUT2D eigenvalue weighted by Crippen LogP contribution is 2.42. The van der Waals surface area contributed by atoms with Crippen molar-refractivity contribution in [2.75, 3.05) is 5.32 Å². The van der Waals surface area contributed by atoms with E-state index in [0.29, 0.717) is 51.4 Å². The predicted octanol–water partition coefficient (Wildman–Crippen LogP) is 5.05. The van der Waals surface area contributed by atoms with E-state index in [0.717, 1.165) is 12.1 Å². The molecule has 0 fully saturated rings. The van der Waals surface area contributed by atoms with Gasteiger partial charge in [-0.3, -0.25) is 14.4 Å². The Morgan fingerprint density at radius 1 is 1.12 bits per heavy atom. The quantitative estimate of drug-likeness (QED) is 0.570. The Bertz CT molecular complexity index is 1420. The van der Waals surface area contributed by atoms with Crippen LogP contribution in [0.1, 0.15) is 37.7 Å². The summed E-state index contributed by atoms with van der Waals surface area (Å²) in [6.45, 7) is 1.79. The van der Waals surface area contributed by atoms with Crippen LogP contribution < -0.4 is 16.1 Å². The maximum atomic E-state index is 13.6. The third kappa shape index (κ3) is 3.76. The first-order valence-corrected chi connectivity index (χ1v) is 11.1. The van der Waals surface area contributed by atoms with Crippen LogP contribution in [0.2, 0.25) is 5.02 Å². The first kappa shape index (κ1) is 21.2. The van der Waals surface area contributed by atoms with Crippen molar-refractivity contribution >= 4 is 39.9 Å². The van der Waals surface area contributed by atoms with Crippen LogP contribution in [0.15, 0.2) is 86.5 Å². The molecule has 7 heteroatoms. The number of halogens is 1. The summed E-state index contributed by atoms with van der Waals surface area (Å²) in [4.78, 5) is 40.1. The number of hydrogen-bond acceptors (Lipinski definition) is 5. The number of Topliss-reactive ketones (excluding diaryl/α,β-unsaturated/α-hetero) is 1. The molecular weight excluding hydrogens is 440 g/mol. The van der Waals surface area contributed by atoms with Crippen LogP contribution in [0.5, 0.6) is 0 Å². The van der Waals surface area contributed by atoms with Crippen molar-refractivity contribution in [1.29, 1.82) is 0 Å². The molecule has 0 radical (unpaired) electrons. The maximum absolute atomic E-state index is 13.6. The second-order valence-corrected chi connectivity index (χ2v) is 8.68. The molecule has 3 aromatic rings. The number of ketones is 1. The molecule has 1 aliphatic carbocycles. The number of anilines is 1. The number of allylic oxidation sites excluding steroid dienone is 3. The molecule has 0 saturated carbocycles. The standard InChI is InChI=1S/C26H21ClN2O4/c1-14-22(26(32)29-16-6-3-2-4-7-16)23(24-19(28-14)8-5-9-20(24)30)18-13-33-21-11-10-15(27)12-17(21)25(18)31/h2-4,6-7,10-13,23,28H,5,8-9H2,1H3,(H,29,32). The summed E-state index contributed by atoms with van der Waals surface area (Å²) < 4.78 is 5.76. The molecule has 1 atom stereocenters. The Kier molecular flexibility index (Phi) is 5.38. The van der Waals surface area contributed by atoms with Gasteiger partial charge in [-0.2, -0.15) is 0 Å². The lowest BCUT2D eigenvalue weighted by atomic mass is 9.75. The molecule has 5 rings (SSSR count). The fourth-order valence-electron chi connectivity index (χ4n) is 4.63. The van der Waals surface area contributed by atoms with Crippen molar-refractivity contribution in [3.63, 3.8) is 0 Å². The lowest BCUT2D eigenvalue weighted by Gasteiger charge is -2.34. The van der Waals surface area contributed by atoms with Gasteiger partial charge in [0.1, 0.15) is 5.58 Å². The maximum Gasteiger partial charge on any atom is 0.254 e. The number of dihydropyridines is 1. The smallest absolute Gasteiger partial charge is 0.254 e. The Hall–Kier alpha value is -3.64. The number of fused-ring (bicyclic) bond motifs is 1. The van der Waals surface area contributed by atoms with Crippen LogP contribution in [-0.2, 0) is 9.59 Å². The van der Waals surface area contributed by atoms with E-state index in [1.165, 1.54) is 6.26 Å². The van der Waals surface area contributed by atoms with Crippen LogP contribution >= 0.6 is 11.6 Å². The van der Waals surface area contributed by atoms with Crippen LogP contribution in [0, 0.1) is 0 Å². The molecule has 6 nitrogen and oxygen atoms in total. The van der Waals surface area contributed by atoms with Gasteiger partial charge < -0.3 is 15.1 Å². The predicted molar refractivity (Wildman–Crippen MR) is 127 cm³/mol. The molecule has 166 valence electrons. The van der Waals surface area contributed by atoms with Gasteiger partial charge in [0.25, 0.3) is 5.91 Å². The molecule has 2 aliphatic rings. The van der Waals surface area contributed by atoms with Crippen molar-refractivity contribution in [3.05, 3.63) is 98.1 Å². The van der Waals surface area contributed by atoms with E-state index in [4.69, 9.17) is 16.0 Å². The molecule has 2 N–H and O–H groups in total. The number of carbonyl (C=O) groups is 2. The lowest BCUT2D eigenvalue weighted by Crippen LogP contribution is -2.37. The Balaban J connectivity index is 1.70. The van der Waals surface area contributed by atoms with E-state index in [2.05, 4.69) is 10.6 Å². The number of carbonyl (C=O) groups excluding carboxylic acids is 2. The topological polar surface area (TPSA) is 88.4 Å². The van der Waals surface area contributed by atoms with Crippen molar-refractivity contribution in [2.45, 2.75) is 32.1 Å². The first-order valence-electron chi connectivity index (χ1n) is 10.8. The lowest BCUT2D eigenvalue weighted by molar-refractivity contribution is -0.116. The monoisotopic (exact) mass is 460 g/mol. The van der Waals surface area contributed by atoms with Crippen molar-refractivity contribution in [3.8, 4) is 0 Å². The molecule has 0 saturated heterocycles. The van der Waals surface area contributed by atoms with Crippen molar-refractivity contribution in [1.82, 2.24) is 5.32 Å². The van der Waals surface area contributed by atoms with E-state index in [1.54, 1.807) is 37.3 Å². The minimum Gasteiger partial charge on any atom is -0.464 e. The molecule has 2 heterocycles. The van der Waals surface area contributed by atoms with Crippen molar-refractivity contribution < 1.29 is 14.0 Å². The number of benzene rings is 2. The molecule has 1 unspecified atom stereocenters. The highest BCUT2D eigenvalue weighted by atomic mass is 35.5. The highest BCUT2D eigenvalue weighted by molar-refractivity contribution is 6.31. The fourth-order valence-corrected chi connectivity index (χ4v) is 4.80. The van der Waals surface area contributed by atoms with Gasteiger partial charge in [0.15, 0.2) is 11.2 Å². The van der Waals surface area contributed by atoms with Gasteiger partial charge in [-0.25, -0.2) is 0 Å². The summed E-state index contributed by atoms with van der Waals surface area (Å²) in [5, 5.41) is 6.86. The number of nitrogens with one attached hydrogen (secondary N) is 2. The second-order valence-electron chi connectivity index (χ2n) is 8.25. The Labute approximate surface area is 194 Å². The molecular formula is C26H21ClN2O4. The second kappa shape index (κ2) is 8.37. The third-order valence-corrected chi connectivity index (χ3v) is 6.36. The number of amides is 1. The number of para-hydroxylation sites is 1. The van der Waals surface area contributed by atoms with Gasteiger partial charge in [0, 0.05) is 45.2 Å². The molecule has 33 heavy (non-hydrogen) atoms. The third-order valence-electron chi connectivity index (χ3n) is 6.12. The van der Waals surface area contributed by atoms with Crippen LogP contribution in [0.3, 0.4) is 0 Å². The summed E-state index contributed by atoms with van der Waals surface area (Å²) in [6, 6.07) is 13.9. The van der Waals surface area contributed by atoms with Crippen LogP contribution in [-0.4, -0.2) is 11.7 Å². The first-order chi connectivity index (χ1) is 15.9. The summed E-state index contributed by atoms with van der Waals surface area (Å²) in [7, 11) is 0. The minimum atomic E-state index is -0.836. The number of hydrogen-bond donors (Lipinski definition) is 2. The zero-order chi connectivity index (χ0) is 23.1. The number of rotatable bonds is 3. The van der Waals surface area contributed by atoms with Crippen LogP contribution in [0.25, 0.3) is 11.0 Å². The van der Waals surface area contributed by atoms with E-state index < -0.39 is 5.92 Å². The van der Waals surface area contributed by atoms with Crippen molar-refractivity contribution in [2.24, 2.45) is 0 Å². The fraction of sp³-hybridized carbons (Fsp3) is 0.192. The largest absolute Gasteiger partial charge is 0.464 e. The molecule has 0 bridgehead atoms. The van der Waals surface area contributed by atoms with E-state index in [9.17, 15) is 14.4 Å². The van der Waals surface area contributed by atoms with E-state index in [-0.39, 0.29) is 22.7 Å². The zero-order valence-corrected chi connectivity index (χ0v) is 18.7.